The van der Waals surface area contributed by atoms with Gasteiger partial charge in [-0.2, -0.15) is 0 Å². The fourth-order valence-corrected chi connectivity index (χ4v) is 2.87. The smallest absolute Gasteiger partial charge is 0.326 e. The predicted molar refractivity (Wildman–Crippen MR) is 81.3 cm³/mol. The minimum Gasteiger partial charge on any atom is -0.480 e. The summed E-state index contributed by atoms with van der Waals surface area (Å²) in [7, 11) is 0. The van der Waals surface area contributed by atoms with Crippen LogP contribution in [-0.4, -0.2) is 28.8 Å². The number of carboxylic acids is 1. The minimum atomic E-state index is -1.06. The van der Waals surface area contributed by atoms with E-state index in [9.17, 15) is 19.5 Å². The van der Waals surface area contributed by atoms with Crippen molar-refractivity contribution in [2.24, 2.45) is 5.92 Å². The molecule has 5 nitrogen and oxygen atoms in total. The Morgan fingerprint density at radius 1 is 1.27 bits per heavy atom. The molecule has 1 amide bonds. The molecule has 2 N–H and O–H groups in total. The van der Waals surface area contributed by atoms with Crippen molar-refractivity contribution in [3.05, 3.63) is 35.9 Å². The van der Waals surface area contributed by atoms with Gasteiger partial charge in [-0.3, -0.25) is 9.59 Å². The van der Waals surface area contributed by atoms with Crippen molar-refractivity contribution in [3.63, 3.8) is 0 Å². The van der Waals surface area contributed by atoms with Gasteiger partial charge in [0.1, 0.15) is 11.8 Å². The number of amides is 1. The van der Waals surface area contributed by atoms with E-state index in [-0.39, 0.29) is 30.4 Å². The molecule has 0 spiro atoms. The first-order valence-electron chi connectivity index (χ1n) is 7.64. The van der Waals surface area contributed by atoms with Gasteiger partial charge in [-0.15, -0.1) is 0 Å². The van der Waals surface area contributed by atoms with Crippen molar-refractivity contribution >= 4 is 17.7 Å². The van der Waals surface area contributed by atoms with E-state index in [4.69, 9.17) is 0 Å². The highest BCUT2D eigenvalue weighted by Gasteiger charge is 2.33. The normalized spacial score (nSPS) is 19.5. The molecule has 0 aliphatic heterocycles. The fraction of sp³-hybridized carbons (Fsp3) is 0.471. The maximum atomic E-state index is 12.0. The molecule has 5 heteroatoms. The summed E-state index contributed by atoms with van der Waals surface area (Å²) in [6.45, 7) is 0. The van der Waals surface area contributed by atoms with Crippen LogP contribution < -0.4 is 5.32 Å². The molecule has 22 heavy (non-hydrogen) atoms. The molecule has 2 rings (SSSR count). The maximum Gasteiger partial charge on any atom is 0.326 e. The van der Waals surface area contributed by atoms with Crippen molar-refractivity contribution in [2.75, 3.05) is 0 Å². The molecule has 0 unspecified atom stereocenters. The number of carbonyl (C=O) groups excluding carboxylic acids is 2. The van der Waals surface area contributed by atoms with Gasteiger partial charge in [0.05, 0.1) is 0 Å². The Kier molecular flexibility index (Phi) is 5.69. The van der Waals surface area contributed by atoms with Gasteiger partial charge >= 0.3 is 5.97 Å². The van der Waals surface area contributed by atoms with E-state index in [1.165, 1.54) is 0 Å². The van der Waals surface area contributed by atoms with Crippen LogP contribution in [0.5, 0.6) is 0 Å². The Morgan fingerprint density at radius 2 is 2.00 bits per heavy atom. The van der Waals surface area contributed by atoms with Gasteiger partial charge in [0, 0.05) is 19.3 Å². The van der Waals surface area contributed by atoms with Crippen molar-refractivity contribution in [1.82, 2.24) is 5.32 Å². The molecule has 1 aromatic carbocycles. The van der Waals surface area contributed by atoms with Gasteiger partial charge in [0.15, 0.2) is 0 Å². The third-order valence-electron chi connectivity index (χ3n) is 4.06. The molecule has 1 aliphatic rings. The van der Waals surface area contributed by atoms with Crippen molar-refractivity contribution in [2.45, 2.75) is 44.6 Å². The zero-order valence-corrected chi connectivity index (χ0v) is 12.5. The third-order valence-corrected chi connectivity index (χ3v) is 4.06. The highest BCUT2D eigenvalue weighted by Crippen LogP contribution is 2.24. The van der Waals surface area contributed by atoms with Crippen LogP contribution in [-0.2, 0) is 20.8 Å². The van der Waals surface area contributed by atoms with Crippen LogP contribution in [0.25, 0.3) is 0 Å². The number of nitrogens with one attached hydrogen (secondary N) is 1. The number of Topliss-reactive ketones (excluding diaryl/α,β-unsaturated/α-hetero) is 1. The number of carbonyl (C=O) groups is 3. The van der Waals surface area contributed by atoms with Gasteiger partial charge in [-0.05, 0) is 30.7 Å². The van der Waals surface area contributed by atoms with Crippen molar-refractivity contribution in [3.8, 4) is 0 Å². The second-order valence-electron chi connectivity index (χ2n) is 5.76. The number of aliphatic carboxylic acids is 1. The summed E-state index contributed by atoms with van der Waals surface area (Å²) in [6, 6.07) is 8.61. The van der Waals surface area contributed by atoms with E-state index in [0.717, 1.165) is 5.56 Å². The zero-order chi connectivity index (χ0) is 15.9. The minimum absolute atomic E-state index is 0.0843. The standard InChI is InChI=1S/C17H21NO4/c19-14-8-4-7-13(11-14)16(17(21)22)18-15(20)10-9-12-5-2-1-3-6-12/h1-3,5-6,13,16H,4,7-11H2,(H,18,20)(H,21,22)/t13-,16-/m1/s1. The van der Waals surface area contributed by atoms with Gasteiger partial charge in [-0.25, -0.2) is 4.79 Å². The summed E-state index contributed by atoms with van der Waals surface area (Å²) in [4.78, 5) is 34.9. The van der Waals surface area contributed by atoms with Gasteiger partial charge in [-0.1, -0.05) is 30.3 Å². The van der Waals surface area contributed by atoms with Gasteiger partial charge in [0.25, 0.3) is 0 Å². The fourth-order valence-electron chi connectivity index (χ4n) is 2.87. The number of carboxylic acid groups (broad SMARTS) is 1. The molecule has 1 fully saturated rings. The second-order valence-corrected chi connectivity index (χ2v) is 5.76. The van der Waals surface area contributed by atoms with Crippen LogP contribution >= 0.6 is 0 Å². The molecule has 1 aliphatic carbocycles. The Bertz CT molecular complexity index is 541. The summed E-state index contributed by atoms with van der Waals surface area (Å²) in [6.07, 6.45) is 2.95. The van der Waals surface area contributed by atoms with Crippen LogP contribution in [0.3, 0.4) is 0 Å². The zero-order valence-electron chi connectivity index (χ0n) is 12.5. The number of hydrogen-bond donors (Lipinski definition) is 2. The summed E-state index contributed by atoms with van der Waals surface area (Å²) in [5, 5.41) is 11.9. The van der Waals surface area contributed by atoms with E-state index < -0.39 is 12.0 Å². The highest BCUT2D eigenvalue weighted by molar-refractivity contribution is 5.85. The van der Waals surface area contributed by atoms with Crippen LogP contribution in [0.1, 0.15) is 37.7 Å². The largest absolute Gasteiger partial charge is 0.480 e. The number of rotatable bonds is 6. The summed E-state index contributed by atoms with van der Waals surface area (Å²) in [5.41, 5.74) is 1.04. The van der Waals surface area contributed by atoms with Crippen molar-refractivity contribution < 1.29 is 19.5 Å². The molecule has 0 saturated heterocycles. The van der Waals surface area contributed by atoms with Crippen LogP contribution in [0.15, 0.2) is 30.3 Å². The van der Waals surface area contributed by atoms with E-state index in [1.807, 2.05) is 30.3 Å². The molecule has 1 saturated carbocycles. The third kappa shape index (κ3) is 4.69. The first kappa shape index (κ1) is 16.2. The highest BCUT2D eigenvalue weighted by atomic mass is 16.4. The van der Waals surface area contributed by atoms with E-state index >= 15 is 0 Å². The van der Waals surface area contributed by atoms with Gasteiger partial charge in [0.2, 0.25) is 5.91 Å². The quantitative estimate of drug-likeness (QED) is 0.841. The predicted octanol–water partition coefficient (Wildman–Crippen LogP) is 1.95. The monoisotopic (exact) mass is 303 g/mol. The molecule has 0 heterocycles. The lowest BCUT2D eigenvalue weighted by Gasteiger charge is -2.27. The summed E-state index contributed by atoms with van der Waals surface area (Å²) < 4.78 is 0. The number of aryl methyl sites for hydroxylation is 1. The van der Waals surface area contributed by atoms with E-state index in [0.29, 0.717) is 25.7 Å². The second kappa shape index (κ2) is 7.73. The Morgan fingerprint density at radius 3 is 2.64 bits per heavy atom. The summed E-state index contributed by atoms with van der Waals surface area (Å²) in [5.74, 6) is -1.55. The molecule has 0 radical (unpaired) electrons. The van der Waals surface area contributed by atoms with E-state index in [1.54, 1.807) is 0 Å². The van der Waals surface area contributed by atoms with Crippen LogP contribution in [0, 0.1) is 5.92 Å². The molecular formula is C17H21NO4. The molecular weight excluding hydrogens is 282 g/mol. The van der Waals surface area contributed by atoms with E-state index in [2.05, 4.69) is 5.32 Å². The first-order valence-corrected chi connectivity index (χ1v) is 7.64. The molecule has 1 aromatic rings. The van der Waals surface area contributed by atoms with Crippen molar-refractivity contribution in [1.29, 1.82) is 0 Å². The number of hydrogen-bond acceptors (Lipinski definition) is 3. The topological polar surface area (TPSA) is 83.5 Å². The molecule has 118 valence electrons. The lowest BCUT2D eigenvalue weighted by molar-refractivity contribution is -0.144. The molecule has 2 atom stereocenters. The Balaban J connectivity index is 1.88. The Hall–Kier alpha value is -2.17. The lowest BCUT2D eigenvalue weighted by Crippen LogP contribution is -2.47. The van der Waals surface area contributed by atoms with Crippen LogP contribution in [0.4, 0.5) is 0 Å². The lowest BCUT2D eigenvalue weighted by atomic mass is 9.83. The molecule has 0 aromatic heterocycles. The first-order chi connectivity index (χ1) is 10.6. The SMILES string of the molecule is O=C1CCC[C@@H]([C@@H](NC(=O)CCc2ccccc2)C(=O)O)C1. The summed E-state index contributed by atoms with van der Waals surface area (Å²) >= 11 is 0. The number of benzene rings is 1. The average molecular weight is 303 g/mol. The number of ketones is 1. The molecule has 0 bridgehead atoms. The maximum absolute atomic E-state index is 12.0. The van der Waals surface area contributed by atoms with Gasteiger partial charge < -0.3 is 10.4 Å². The Labute approximate surface area is 129 Å². The average Bonchev–Trinajstić information content (AvgIpc) is 2.51. The van der Waals surface area contributed by atoms with Crippen LogP contribution in [0.2, 0.25) is 0 Å².